The molecule has 1 aromatic carbocycles. The summed E-state index contributed by atoms with van der Waals surface area (Å²) in [7, 11) is 0. The zero-order valence-electron chi connectivity index (χ0n) is 20.2. The number of hydrogen-bond acceptors (Lipinski definition) is 7. The van der Waals surface area contributed by atoms with Crippen LogP contribution in [0, 0.1) is 11.8 Å². The SMILES string of the molecule is CC(C)CO[C@H]1[C@H](C)OC(=O)[C@@H](CC(=O)OC(C)(C)C)CCOC[C@@H]1Oc1ccccc1. The average Bonchev–Trinajstić information content (AvgIpc) is 2.68. The van der Waals surface area contributed by atoms with Crippen molar-refractivity contribution in [2.45, 2.75) is 78.3 Å². The minimum Gasteiger partial charge on any atom is -0.485 e. The van der Waals surface area contributed by atoms with Gasteiger partial charge >= 0.3 is 11.9 Å². The summed E-state index contributed by atoms with van der Waals surface area (Å²) in [6, 6.07) is 9.44. The lowest BCUT2D eigenvalue weighted by Crippen LogP contribution is -2.48. The smallest absolute Gasteiger partial charge is 0.309 e. The van der Waals surface area contributed by atoms with Crippen LogP contribution in [-0.2, 0) is 28.5 Å². The molecule has 0 bridgehead atoms. The number of carbonyl (C=O) groups excluding carboxylic acids is 2. The van der Waals surface area contributed by atoms with Gasteiger partial charge in [-0.25, -0.2) is 0 Å². The molecule has 2 rings (SSSR count). The molecule has 1 aliphatic rings. The molecule has 1 fully saturated rings. The van der Waals surface area contributed by atoms with Gasteiger partial charge in [-0.2, -0.15) is 0 Å². The quantitative estimate of drug-likeness (QED) is 0.577. The third kappa shape index (κ3) is 9.17. The number of carbonyl (C=O) groups is 2. The van der Waals surface area contributed by atoms with Crippen LogP contribution in [0.15, 0.2) is 30.3 Å². The highest BCUT2D eigenvalue weighted by molar-refractivity contribution is 5.80. The van der Waals surface area contributed by atoms with Crippen molar-refractivity contribution >= 4 is 11.9 Å². The third-order valence-electron chi connectivity index (χ3n) is 4.84. The lowest BCUT2D eigenvalue weighted by Gasteiger charge is -2.34. The molecule has 0 unspecified atom stereocenters. The van der Waals surface area contributed by atoms with E-state index in [1.807, 2.05) is 30.3 Å². The standard InChI is InChI=1S/C25H38O7/c1-17(2)15-29-23-18(3)30-24(27)19(14-22(26)32-25(4,5)6)12-13-28-16-21(23)31-20-10-8-7-9-11-20/h7-11,17-19,21,23H,12-16H2,1-6H3/t18-,19+,21-,23-/m0/s1. The first-order chi connectivity index (χ1) is 15.0. The number of hydrogen-bond donors (Lipinski definition) is 0. The van der Waals surface area contributed by atoms with Gasteiger partial charge in [0.2, 0.25) is 0 Å². The predicted molar refractivity (Wildman–Crippen MR) is 120 cm³/mol. The molecule has 1 heterocycles. The van der Waals surface area contributed by atoms with Crippen molar-refractivity contribution in [2.24, 2.45) is 11.8 Å². The highest BCUT2D eigenvalue weighted by Crippen LogP contribution is 2.23. The van der Waals surface area contributed by atoms with E-state index in [1.165, 1.54) is 0 Å². The second-order valence-electron chi connectivity index (χ2n) is 9.65. The van der Waals surface area contributed by atoms with Crippen LogP contribution < -0.4 is 4.74 Å². The molecular weight excluding hydrogens is 412 g/mol. The molecule has 1 aromatic rings. The van der Waals surface area contributed by atoms with Gasteiger partial charge in [-0.1, -0.05) is 32.0 Å². The lowest BCUT2D eigenvalue weighted by molar-refractivity contribution is -0.177. The maximum Gasteiger partial charge on any atom is 0.309 e. The number of benzene rings is 1. The molecule has 0 amide bonds. The number of rotatable bonds is 7. The maximum atomic E-state index is 12.9. The minimum absolute atomic E-state index is 0.0480. The Balaban J connectivity index is 2.14. The molecule has 0 aromatic heterocycles. The zero-order chi connectivity index (χ0) is 23.7. The van der Waals surface area contributed by atoms with E-state index in [9.17, 15) is 9.59 Å². The second-order valence-corrected chi connectivity index (χ2v) is 9.65. The molecule has 0 spiro atoms. The maximum absolute atomic E-state index is 12.9. The fourth-order valence-corrected chi connectivity index (χ4v) is 3.38. The van der Waals surface area contributed by atoms with Gasteiger partial charge in [0.1, 0.15) is 23.6 Å². The van der Waals surface area contributed by atoms with Crippen molar-refractivity contribution in [2.75, 3.05) is 19.8 Å². The van der Waals surface area contributed by atoms with E-state index in [-0.39, 0.29) is 13.0 Å². The molecule has 180 valence electrons. The van der Waals surface area contributed by atoms with Crippen LogP contribution in [0.25, 0.3) is 0 Å². The van der Waals surface area contributed by atoms with Gasteiger partial charge in [-0.3, -0.25) is 9.59 Å². The first kappa shape index (κ1) is 26.1. The third-order valence-corrected chi connectivity index (χ3v) is 4.84. The van der Waals surface area contributed by atoms with Crippen LogP contribution in [0.2, 0.25) is 0 Å². The Kier molecular flexibility index (Phi) is 9.97. The van der Waals surface area contributed by atoms with Crippen molar-refractivity contribution in [3.63, 3.8) is 0 Å². The number of para-hydroxylation sites is 1. The summed E-state index contributed by atoms with van der Waals surface area (Å²) in [5.41, 5.74) is -0.613. The van der Waals surface area contributed by atoms with E-state index < -0.39 is 41.8 Å². The molecule has 7 heteroatoms. The normalized spacial score (nSPS) is 25.2. The summed E-state index contributed by atoms with van der Waals surface area (Å²) in [5, 5.41) is 0. The van der Waals surface area contributed by atoms with Gasteiger partial charge in [0.25, 0.3) is 0 Å². The molecule has 1 aliphatic heterocycles. The summed E-state index contributed by atoms with van der Waals surface area (Å²) in [4.78, 5) is 25.2. The molecule has 32 heavy (non-hydrogen) atoms. The van der Waals surface area contributed by atoms with Crippen LogP contribution in [0.4, 0.5) is 0 Å². The zero-order valence-corrected chi connectivity index (χ0v) is 20.2. The van der Waals surface area contributed by atoms with Crippen LogP contribution in [-0.4, -0.2) is 55.7 Å². The molecule has 0 N–H and O–H groups in total. The molecule has 0 radical (unpaired) electrons. The molecular formula is C25H38O7. The van der Waals surface area contributed by atoms with Crippen molar-refractivity contribution in [3.8, 4) is 5.75 Å². The summed E-state index contributed by atoms with van der Waals surface area (Å²) in [6.45, 7) is 12.3. The Morgan fingerprint density at radius 1 is 1.19 bits per heavy atom. The molecule has 7 nitrogen and oxygen atoms in total. The first-order valence-corrected chi connectivity index (χ1v) is 11.4. The molecule has 4 atom stereocenters. The fourth-order valence-electron chi connectivity index (χ4n) is 3.38. The van der Waals surface area contributed by atoms with Crippen LogP contribution >= 0.6 is 0 Å². The highest BCUT2D eigenvalue weighted by atomic mass is 16.6. The van der Waals surface area contributed by atoms with E-state index in [0.717, 1.165) is 0 Å². The Morgan fingerprint density at radius 3 is 2.50 bits per heavy atom. The second kappa shape index (κ2) is 12.2. The average molecular weight is 451 g/mol. The summed E-state index contributed by atoms with van der Waals surface area (Å²) < 4.78 is 29.3. The predicted octanol–water partition coefficient (Wildman–Crippen LogP) is 4.18. The summed E-state index contributed by atoms with van der Waals surface area (Å²) in [5.74, 6) is -0.527. The molecule has 0 aliphatic carbocycles. The van der Waals surface area contributed by atoms with E-state index in [4.69, 9.17) is 23.7 Å². The Hall–Kier alpha value is -2.12. The Labute approximate surface area is 191 Å². The van der Waals surface area contributed by atoms with Crippen molar-refractivity contribution in [1.82, 2.24) is 0 Å². The Bertz CT molecular complexity index is 711. The van der Waals surface area contributed by atoms with Crippen molar-refractivity contribution < 1.29 is 33.3 Å². The highest BCUT2D eigenvalue weighted by Gasteiger charge is 2.36. The van der Waals surface area contributed by atoms with E-state index in [1.54, 1.807) is 27.7 Å². The van der Waals surface area contributed by atoms with Crippen molar-refractivity contribution in [1.29, 1.82) is 0 Å². The summed E-state index contributed by atoms with van der Waals surface area (Å²) in [6.07, 6.45) is -1.26. The number of ether oxygens (including phenoxy) is 5. The van der Waals surface area contributed by atoms with E-state index >= 15 is 0 Å². The summed E-state index contributed by atoms with van der Waals surface area (Å²) >= 11 is 0. The van der Waals surface area contributed by atoms with Gasteiger partial charge < -0.3 is 23.7 Å². The number of cyclic esters (lactones) is 1. The van der Waals surface area contributed by atoms with Gasteiger partial charge in [0.15, 0.2) is 6.10 Å². The van der Waals surface area contributed by atoms with Crippen LogP contribution in [0.3, 0.4) is 0 Å². The van der Waals surface area contributed by atoms with Gasteiger partial charge in [-0.15, -0.1) is 0 Å². The monoisotopic (exact) mass is 450 g/mol. The first-order valence-electron chi connectivity index (χ1n) is 11.4. The fraction of sp³-hybridized carbons (Fsp3) is 0.680. The molecule has 0 saturated carbocycles. The van der Waals surface area contributed by atoms with Crippen LogP contribution in [0.1, 0.15) is 54.4 Å². The largest absolute Gasteiger partial charge is 0.485 e. The van der Waals surface area contributed by atoms with Gasteiger partial charge in [0.05, 0.1) is 18.9 Å². The minimum atomic E-state index is -0.635. The van der Waals surface area contributed by atoms with Crippen LogP contribution in [0.5, 0.6) is 5.75 Å². The molecule has 1 saturated heterocycles. The van der Waals surface area contributed by atoms with E-state index in [0.29, 0.717) is 31.3 Å². The Morgan fingerprint density at radius 2 is 1.88 bits per heavy atom. The topological polar surface area (TPSA) is 80.3 Å². The van der Waals surface area contributed by atoms with Crippen molar-refractivity contribution in [3.05, 3.63) is 30.3 Å². The van der Waals surface area contributed by atoms with Gasteiger partial charge in [-0.05, 0) is 52.2 Å². The number of esters is 2. The lowest BCUT2D eigenvalue weighted by atomic mass is 10.0. The van der Waals surface area contributed by atoms with E-state index in [2.05, 4.69) is 13.8 Å². The van der Waals surface area contributed by atoms with Gasteiger partial charge in [0, 0.05) is 13.2 Å².